The first kappa shape index (κ1) is 111. The van der Waals surface area contributed by atoms with Gasteiger partial charge in [-0.15, -0.1) is 90.7 Å². The molecule has 8 aromatic rings. The molecule has 0 radical (unpaired) electrons. The lowest BCUT2D eigenvalue weighted by Crippen LogP contribution is -2.62. The summed E-state index contributed by atoms with van der Waals surface area (Å²) >= 11 is 30.7. The van der Waals surface area contributed by atoms with Gasteiger partial charge in [0.05, 0.1) is 99.5 Å². The molecule has 0 unspecified atom stereocenters. The normalized spacial score (nSPS) is 14.7. The molecular formula is C98H168Br4N8S8Si7. The molecule has 8 nitrogen and oxygen atoms in total. The molecule has 0 amide bonds. The lowest BCUT2D eigenvalue weighted by atomic mass is 10.2. The van der Waals surface area contributed by atoms with Gasteiger partial charge >= 0.3 is 0 Å². The van der Waals surface area contributed by atoms with Crippen LogP contribution in [0.25, 0.3) is 39.0 Å². The van der Waals surface area contributed by atoms with E-state index in [1.807, 2.05) is 68.0 Å². The highest BCUT2D eigenvalue weighted by Gasteiger charge is 2.59. The SMILES string of the molecule is CC(C)[Si](c1nc(Br)c(-c2sc([Si](C(C)C)(C(C)C)C(C)C)nc2Br)s1)(C(C)C)C(C)C.CCCCCC[Si]1(CCCCCC)c2nc(Br)sc2-c2sc(Br)nc21.CCCCCC[Si]1(CCCCCC)c2nc(C)sc2-c2sc(C)nc21.CCCCCC[Si]1(CCCCCC)c2nc([Si](C(C)C)(C(C)C)C(C)C)sc2-c2sc([Si](C(C)C)(C(C)C)C(C)C)nc21. The largest absolute Gasteiger partial charge is 0.255 e. The number of hydrogen-bond acceptors (Lipinski definition) is 16. The Labute approximate surface area is 836 Å². The van der Waals surface area contributed by atoms with Crippen molar-refractivity contribution >= 4 is 261 Å². The molecule has 125 heavy (non-hydrogen) atoms. The van der Waals surface area contributed by atoms with Crippen molar-refractivity contribution in [1.82, 2.24) is 39.9 Å². The number of unbranched alkanes of at least 4 members (excludes halogenated alkanes) is 18. The predicted octanol–water partition coefficient (Wildman–Crippen LogP) is 33.4. The van der Waals surface area contributed by atoms with E-state index in [4.69, 9.17) is 39.9 Å². The minimum atomic E-state index is -2.06. The van der Waals surface area contributed by atoms with Crippen LogP contribution in [0.5, 0.6) is 0 Å². The van der Waals surface area contributed by atoms with Crippen LogP contribution in [0, 0.1) is 13.8 Å². The van der Waals surface area contributed by atoms with Gasteiger partial charge in [0.2, 0.25) is 0 Å². The highest BCUT2D eigenvalue weighted by molar-refractivity contribution is 9.11. The van der Waals surface area contributed by atoms with Crippen LogP contribution in [0.3, 0.4) is 0 Å². The van der Waals surface area contributed by atoms with Crippen molar-refractivity contribution in [2.45, 2.75) is 478 Å². The average molecular weight is 2230 g/mol. The summed E-state index contributed by atoms with van der Waals surface area (Å²) in [7, 11) is -12.8. The molecule has 11 heterocycles. The van der Waals surface area contributed by atoms with Gasteiger partial charge in [0, 0.05) is 0 Å². The second-order valence-corrected chi connectivity index (χ2v) is 90.9. The van der Waals surface area contributed by atoms with Gasteiger partial charge in [0.25, 0.3) is 0 Å². The van der Waals surface area contributed by atoms with Crippen LogP contribution in [0.1, 0.15) is 372 Å². The summed E-state index contributed by atoms with van der Waals surface area (Å²) in [5.74, 6) is 0. The van der Waals surface area contributed by atoms with Crippen LogP contribution in [0.4, 0.5) is 0 Å². The van der Waals surface area contributed by atoms with Gasteiger partial charge in [0.15, 0.2) is 32.1 Å². The second kappa shape index (κ2) is 49.2. The first-order chi connectivity index (χ1) is 59.1. The Morgan fingerprint density at radius 2 is 0.392 bits per heavy atom. The quantitative estimate of drug-likeness (QED) is 0.0275. The number of nitrogens with zero attached hydrogens (tertiary/aromatic N) is 8. The molecule has 0 aromatic carbocycles. The molecule has 27 heteroatoms. The minimum Gasteiger partial charge on any atom is -0.255 e. The molecule has 3 aliphatic heterocycles. The second-order valence-electron chi connectivity index (χ2n) is 41.5. The smallest absolute Gasteiger partial charge is 0.168 e. The van der Waals surface area contributed by atoms with E-state index in [9.17, 15) is 0 Å². The zero-order valence-corrected chi connectivity index (χ0v) is 104. The molecule has 0 bridgehead atoms. The Hall–Kier alpha value is 0.478. The summed E-state index contributed by atoms with van der Waals surface area (Å²) in [6, 6.07) is 8.11. The maximum Gasteiger partial charge on any atom is 0.168 e. The summed E-state index contributed by atoms with van der Waals surface area (Å²) in [5.41, 5.74) is 8.08. The number of halogens is 4. The van der Waals surface area contributed by atoms with E-state index in [-0.39, 0.29) is 0 Å². The van der Waals surface area contributed by atoms with Gasteiger partial charge in [-0.1, -0.05) is 362 Å². The lowest BCUT2D eigenvalue weighted by Gasteiger charge is -2.41. The summed E-state index contributed by atoms with van der Waals surface area (Å²) in [6.07, 6.45) is 32.2. The molecule has 0 saturated heterocycles. The van der Waals surface area contributed by atoms with Crippen molar-refractivity contribution in [1.29, 1.82) is 0 Å². The highest BCUT2D eigenvalue weighted by atomic mass is 79.9. The first-order valence-corrected chi connectivity index (χ1v) is 75.7. The Kier molecular flexibility index (Phi) is 43.6. The molecule has 11 rings (SSSR count). The van der Waals surface area contributed by atoms with Crippen LogP contribution in [0.2, 0.25) is 103 Å². The van der Waals surface area contributed by atoms with E-state index in [0.717, 1.165) is 17.0 Å². The fourth-order valence-corrected chi connectivity index (χ4v) is 91.1. The number of aromatic nitrogens is 8. The lowest BCUT2D eigenvalue weighted by molar-refractivity contribution is 0.684. The summed E-state index contributed by atoms with van der Waals surface area (Å²) in [6.45, 7) is 77.4. The third kappa shape index (κ3) is 22.8. The molecule has 0 aliphatic carbocycles. The topological polar surface area (TPSA) is 103 Å². The fourth-order valence-electron chi connectivity index (χ4n) is 24.8. The van der Waals surface area contributed by atoms with E-state index >= 15 is 0 Å². The Morgan fingerprint density at radius 3 is 0.600 bits per heavy atom. The van der Waals surface area contributed by atoms with Crippen LogP contribution >= 0.6 is 154 Å². The predicted molar refractivity (Wildman–Crippen MR) is 605 cm³/mol. The Balaban J connectivity index is 0.000000212. The maximum absolute atomic E-state index is 5.98. The van der Waals surface area contributed by atoms with Gasteiger partial charge < -0.3 is 0 Å². The molecule has 0 atom stereocenters. The first-order valence-electron chi connectivity index (χ1n) is 49.8. The van der Waals surface area contributed by atoms with Crippen LogP contribution in [-0.2, 0) is 0 Å². The van der Waals surface area contributed by atoms with E-state index in [1.54, 1.807) is 29.7 Å². The van der Waals surface area contributed by atoms with Crippen molar-refractivity contribution in [3.8, 4) is 39.0 Å². The number of hydrogen-bond donors (Lipinski definition) is 0. The summed E-state index contributed by atoms with van der Waals surface area (Å²) in [5, 5.41) is 11.6. The number of thiazole rings is 8. The Bertz CT molecular complexity index is 4140. The van der Waals surface area contributed by atoms with Crippen LogP contribution < -0.4 is 50.4 Å². The monoisotopic (exact) mass is 2220 g/mol. The average Bonchev–Trinajstić information content (AvgIpc) is 1.53. The van der Waals surface area contributed by atoms with E-state index in [1.165, 1.54) is 260 Å². The van der Waals surface area contributed by atoms with Gasteiger partial charge in [-0.25, -0.2) is 19.9 Å². The molecule has 0 spiro atoms. The van der Waals surface area contributed by atoms with Crippen LogP contribution in [-0.4, -0.2) is 96.4 Å². The summed E-state index contributed by atoms with van der Waals surface area (Å²) in [4.78, 5) is 54.2. The standard InChI is InChI=1S/C36H68N2S2Si3.C24H42Br2N2S2Si2.C20H32N2S2Si.C18H26Br2N2S2Si/c1-15-17-19-21-23-41(24-22-20-18-16-2)33-31(39-35(37-33)42(25(3)4,26(5)6)27(7)8)32-34(41)38-36(40-32)43(28(9)10,29(11)12)30(13)14;1-13(2)31(14(3)4,15(5)6)23-27-21(25)19(29-23)20-22(26)28-24(30-20)32(16(7)8,17(9)10)18(11)12;1-5-7-9-11-13-25(14-12-10-8-6-2)19-17(23-15(3)21-19)18-20(25)22-16(4)24-18;1-3-5-7-9-11-25(12-10-8-6-4-2)15-13(23-17(19)21-15)14-16(25)22-18(20)24-14/h25-30H,15-24H2,1-14H3;13-18H,1-12H3;5-14H2,1-4H3;3-12H2,1-2H3. The van der Waals surface area contributed by atoms with Gasteiger partial charge in [0.1, 0.15) is 41.5 Å². The zero-order valence-electron chi connectivity index (χ0n) is 84.0. The molecule has 8 aromatic heterocycles. The van der Waals surface area contributed by atoms with Gasteiger partial charge in [-0.2, -0.15) is 0 Å². The molecule has 704 valence electrons. The number of fused-ring (bicyclic) bond motifs is 9. The summed E-state index contributed by atoms with van der Waals surface area (Å²) < 4.78 is 10.0. The highest BCUT2D eigenvalue weighted by Crippen LogP contribution is 2.53. The fraction of sp³-hybridized carbons (Fsp3) is 0.755. The van der Waals surface area contributed by atoms with Gasteiger partial charge in [-0.05, 0) is 180 Å². The van der Waals surface area contributed by atoms with Crippen molar-refractivity contribution in [3.05, 3.63) is 27.1 Å². The molecule has 0 N–H and O–H groups in total. The molecule has 0 saturated carbocycles. The van der Waals surface area contributed by atoms with Crippen molar-refractivity contribution in [2.75, 3.05) is 0 Å². The van der Waals surface area contributed by atoms with E-state index in [0.29, 0.717) is 66.5 Å². The molecular weight excluding hydrogens is 2060 g/mol. The number of aryl methyl sites for hydroxylation is 2. The number of rotatable bonds is 47. The third-order valence-corrected chi connectivity index (χ3v) is 88.8. The van der Waals surface area contributed by atoms with E-state index < -0.39 is 56.5 Å². The molecule has 3 aliphatic rings. The maximum atomic E-state index is 5.98. The van der Waals surface area contributed by atoms with Crippen molar-refractivity contribution in [3.63, 3.8) is 0 Å². The third-order valence-electron chi connectivity index (χ3n) is 30.3. The molecule has 0 fully saturated rings. The zero-order chi connectivity index (χ0) is 92.8. The van der Waals surface area contributed by atoms with Crippen LogP contribution in [0.15, 0.2) is 17.0 Å². The van der Waals surface area contributed by atoms with Crippen molar-refractivity contribution < 1.29 is 0 Å². The minimum absolute atomic E-state index is 0.650. The van der Waals surface area contributed by atoms with E-state index in [2.05, 4.69) is 308 Å². The Morgan fingerprint density at radius 1 is 0.216 bits per heavy atom. The van der Waals surface area contributed by atoms with Gasteiger partial charge in [-0.3, -0.25) is 19.9 Å². The van der Waals surface area contributed by atoms with Crippen molar-refractivity contribution in [2.24, 2.45) is 0 Å².